The van der Waals surface area contributed by atoms with E-state index >= 15 is 0 Å². The summed E-state index contributed by atoms with van der Waals surface area (Å²) < 4.78 is 1.10. The highest BCUT2D eigenvalue weighted by Crippen LogP contribution is 2.33. The van der Waals surface area contributed by atoms with Gasteiger partial charge in [-0.3, -0.25) is 4.90 Å². The Morgan fingerprint density at radius 3 is 2.70 bits per heavy atom. The summed E-state index contributed by atoms with van der Waals surface area (Å²) in [6.45, 7) is 9.08. The van der Waals surface area contributed by atoms with Gasteiger partial charge < -0.3 is 4.90 Å². The topological polar surface area (TPSA) is 19.4 Å². The molecule has 2 bridgehead atoms. The average Bonchev–Trinajstić information content (AvgIpc) is 2.68. The van der Waals surface area contributed by atoms with Gasteiger partial charge in [-0.25, -0.2) is 4.98 Å². The zero-order chi connectivity index (χ0) is 14.3. The first-order valence-corrected chi connectivity index (χ1v) is 8.50. The van der Waals surface area contributed by atoms with Gasteiger partial charge in [0.05, 0.1) is 0 Å². The van der Waals surface area contributed by atoms with Gasteiger partial charge >= 0.3 is 0 Å². The fourth-order valence-corrected chi connectivity index (χ4v) is 4.08. The summed E-state index contributed by atoms with van der Waals surface area (Å²) in [6, 6.07) is 4.35. The van der Waals surface area contributed by atoms with Crippen molar-refractivity contribution in [1.82, 2.24) is 9.88 Å². The number of hydrogen-bond donors (Lipinski definition) is 0. The molecule has 2 aliphatic rings. The first kappa shape index (κ1) is 14.3. The summed E-state index contributed by atoms with van der Waals surface area (Å²) in [5, 5.41) is 0. The van der Waals surface area contributed by atoms with Crippen molar-refractivity contribution in [2.45, 2.75) is 58.2 Å². The van der Waals surface area contributed by atoms with Crippen LogP contribution in [0, 0.1) is 6.92 Å². The summed E-state index contributed by atoms with van der Waals surface area (Å²) in [6.07, 6.45) is 5.93. The Balaban J connectivity index is 1.81. The van der Waals surface area contributed by atoms with Crippen LogP contribution in [0.1, 0.15) is 38.7 Å². The van der Waals surface area contributed by atoms with Gasteiger partial charge in [-0.2, -0.15) is 0 Å². The van der Waals surface area contributed by atoms with Crippen LogP contribution in [0.3, 0.4) is 0 Å². The van der Waals surface area contributed by atoms with Gasteiger partial charge in [0.15, 0.2) is 0 Å². The summed E-state index contributed by atoms with van der Waals surface area (Å²) in [7, 11) is 0. The van der Waals surface area contributed by atoms with E-state index in [1.807, 2.05) is 6.20 Å². The average molecular weight is 338 g/mol. The smallest absolute Gasteiger partial charge is 0.128 e. The number of aryl methyl sites for hydroxylation is 1. The van der Waals surface area contributed by atoms with Gasteiger partial charge in [-0.1, -0.05) is 0 Å². The second kappa shape index (κ2) is 5.64. The van der Waals surface area contributed by atoms with Crippen LogP contribution in [0.5, 0.6) is 0 Å². The Morgan fingerprint density at radius 2 is 2.00 bits per heavy atom. The molecule has 3 rings (SSSR count). The summed E-state index contributed by atoms with van der Waals surface area (Å²) in [5.74, 6) is 1.14. The molecule has 3 heterocycles. The second-order valence-corrected chi connectivity index (χ2v) is 7.31. The van der Waals surface area contributed by atoms with Crippen LogP contribution in [0.25, 0.3) is 0 Å². The fourth-order valence-electron chi connectivity index (χ4n) is 3.86. The van der Waals surface area contributed by atoms with E-state index in [1.165, 1.54) is 24.8 Å². The molecule has 20 heavy (non-hydrogen) atoms. The molecule has 0 spiro atoms. The molecular weight excluding hydrogens is 314 g/mol. The summed E-state index contributed by atoms with van der Waals surface area (Å²) >= 11 is 3.54. The van der Waals surface area contributed by atoms with Crippen LogP contribution >= 0.6 is 15.9 Å². The van der Waals surface area contributed by atoms with Crippen molar-refractivity contribution in [3.63, 3.8) is 0 Å². The van der Waals surface area contributed by atoms with E-state index in [1.54, 1.807) is 0 Å². The molecule has 2 aliphatic heterocycles. The number of anilines is 1. The highest BCUT2D eigenvalue weighted by molar-refractivity contribution is 9.10. The number of halogens is 1. The fraction of sp³-hybridized carbons (Fsp3) is 0.688. The minimum absolute atomic E-state index is 0.659. The molecule has 0 N–H and O–H groups in total. The molecule has 2 atom stereocenters. The van der Waals surface area contributed by atoms with E-state index in [0.717, 1.165) is 29.4 Å². The normalized spacial score (nSPS) is 27.1. The van der Waals surface area contributed by atoms with Crippen LogP contribution in [0.15, 0.2) is 16.7 Å². The largest absolute Gasteiger partial charge is 0.355 e. The van der Waals surface area contributed by atoms with Gasteiger partial charge in [0.2, 0.25) is 0 Å². The quantitative estimate of drug-likeness (QED) is 0.821. The molecule has 1 aromatic rings. The van der Waals surface area contributed by atoms with E-state index in [2.05, 4.69) is 57.6 Å². The predicted molar refractivity (Wildman–Crippen MR) is 87.3 cm³/mol. The standard InChI is InChI=1S/C16H24BrN3/c1-11(2)20-13-4-5-14(20)10-19(7-6-13)16-8-12(3)15(17)9-18-16/h8-9,11,13-14H,4-7,10H2,1-3H3. The molecule has 2 unspecified atom stereocenters. The van der Waals surface area contributed by atoms with Crippen molar-refractivity contribution in [2.75, 3.05) is 18.0 Å². The van der Waals surface area contributed by atoms with Crippen molar-refractivity contribution in [3.8, 4) is 0 Å². The van der Waals surface area contributed by atoms with Crippen molar-refractivity contribution in [2.24, 2.45) is 0 Å². The lowest BCUT2D eigenvalue weighted by Gasteiger charge is -2.32. The van der Waals surface area contributed by atoms with Crippen molar-refractivity contribution in [3.05, 3.63) is 22.3 Å². The van der Waals surface area contributed by atoms with Crippen LogP contribution in [-0.4, -0.2) is 41.1 Å². The third-order valence-corrected chi connectivity index (χ3v) is 5.62. The highest BCUT2D eigenvalue weighted by Gasteiger charge is 2.38. The van der Waals surface area contributed by atoms with Crippen LogP contribution in [0.4, 0.5) is 5.82 Å². The first-order chi connectivity index (χ1) is 9.56. The first-order valence-electron chi connectivity index (χ1n) is 7.71. The lowest BCUT2D eigenvalue weighted by atomic mass is 10.1. The molecule has 4 heteroatoms. The Morgan fingerprint density at radius 1 is 1.25 bits per heavy atom. The Bertz CT molecular complexity index is 489. The minimum atomic E-state index is 0.659. The molecule has 0 radical (unpaired) electrons. The monoisotopic (exact) mass is 337 g/mol. The molecule has 0 amide bonds. The minimum Gasteiger partial charge on any atom is -0.355 e. The molecule has 0 aromatic carbocycles. The van der Waals surface area contributed by atoms with Crippen LogP contribution < -0.4 is 4.90 Å². The molecule has 2 fully saturated rings. The number of nitrogens with zero attached hydrogens (tertiary/aromatic N) is 3. The van der Waals surface area contributed by atoms with Crippen molar-refractivity contribution < 1.29 is 0 Å². The van der Waals surface area contributed by atoms with Gasteiger partial charge in [0.25, 0.3) is 0 Å². The van der Waals surface area contributed by atoms with E-state index < -0.39 is 0 Å². The molecule has 0 saturated carbocycles. The zero-order valence-electron chi connectivity index (χ0n) is 12.6. The summed E-state index contributed by atoms with van der Waals surface area (Å²) in [5.41, 5.74) is 1.27. The molecule has 3 nitrogen and oxygen atoms in total. The SMILES string of the molecule is Cc1cc(N2CCC3CCC(C2)N3C(C)C)ncc1Br. The maximum atomic E-state index is 4.62. The van der Waals surface area contributed by atoms with Crippen LogP contribution in [0.2, 0.25) is 0 Å². The van der Waals surface area contributed by atoms with Gasteiger partial charge in [0, 0.05) is 41.9 Å². The third kappa shape index (κ3) is 2.60. The molecule has 0 aliphatic carbocycles. The van der Waals surface area contributed by atoms with Gasteiger partial charge in [-0.15, -0.1) is 0 Å². The number of pyridine rings is 1. The van der Waals surface area contributed by atoms with Crippen molar-refractivity contribution >= 4 is 21.7 Å². The highest BCUT2D eigenvalue weighted by atomic mass is 79.9. The zero-order valence-corrected chi connectivity index (χ0v) is 14.2. The maximum Gasteiger partial charge on any atom is 0.128 e. The number of hydrogen-bond acceptors (Lipinski definition) is 3. The van der Waals surface area contributed by atoms with Crippen molar-refractivity contribution in [1.29, 1.82) is 0 Å². The Labute approximate surface area is 130 Å². The lowest BCUT2D eigenvalue weighted by molar-refractivity contribution is 0.158. The van der Waals surface area contributed by atoms with Crippen LogP contribution in [-0.2, 0) is 0 Å². The molecular formula is C16H24BrN3. The molecule has 110 valence electrons. The third-order valence-electron chi connectivity index (χ3n) is 4.79. The number of fused-ring (bicyclic) bond motifs is 2. The predicted octanol–water partition coefficient (Wildman–Crippen LogP) is 3.60. The van der Waals surface area contributed by atoms with Gasteiger partial charge in [0.1, 0.15) is 5.82 Å². The summed E-state index contributed by atoms with van der Waals surface area (Å²) in [4.78, 5) is 9.84. The lowest BCUT2D eigenvalue weighted by Crippen LogP contribution is -2.43. The van der Waals surface area contributed by atoms with E-state index in [0.29, 0.717) is 12.1 Å². The number of rotatable bonds is 2. The Hall–Kier alpha value is -0.610. The second-order valence-electron chi connectivity index (χ2n) is 6.45. The van der Waals surface area contributed by atoms with E-state index in [9.17, 15) is 0 Å². The van der Waals surface area contributed by atoms with Gasteiger partial charge in [-0.05, 0) is 67.6 Å². The molecule has 2 saturated heterocycles. The Kier molecular flexibility index (Phi) is 4.04. The van der Waals surface area contributed by atoms with E-state index in [-0.39, 0.29) is 0 Å². The maximum absolute atomic E-state index is 4.62. The number of aromatic nitrogens is 1. The molecule has 1 aromatic heterocycles. The van der Waals surface area contributed by atoms with E-state index in [4.69, 9.17) is 0 Å².